The van der Waals surface area contributed by atoms with Crippen molar-refractivity contribution in [3.8, 4) is 0 Å². The topological polar surface area (TPSA) is 15.3 Å². The Hall–Kier alpha value is -1.18. The Balaban J connectivity index is 3.20. The van der Waals surface area contributed by atoms with Gasteiger partial charge in [-0.05, 0) is 60.6 Å². The molecular weight excluding hydrogens is 220 g/mol. The van der Waals surface area contributed by atoms with Crippen LogP contribution in [0.3, 0.4) is 0 Å². The molecule has 0 aliphatic heterocycles. The lowest BCUT2D eigenvalue weighted by molar-refractivity contribution is 0.465. The van der Waals surface area contributed by atoms with Gasteiger partial charge in [-0.1, -0.05) is 12.1 Å². The Morgan fingerprint density at radius 3 is 2.00 bits per heavy atom. The Labute approximate surface area is 112 Å². The Bertz CT molecular complexity index is 375. The number of nitrogens with one attached hydrogen (secondary N) is 1. The first kappa shape index (κ1) is 14.9. The van der Waals surface area contributed by atoms with Gasteiger partial charge in [0.25, 0.3) is 0 Å². The van der Waals surface area contributed by atoms with Gasteiger partial charge in [0.1, 0.15) is 0 Å². The van der Waals surface area contributed by atoms with Gasteiger partial charge >= 0.3 is 0 Å². The van der Waals surface area contributed by atoms with Crippen molar-refractivity contribution in [2.45, 2.75) is 66.1 Å². The summed E-state index contributed by atoms with van der Waals surface area (Å²) in [6.45, 7) is 15.6. The molecule has 2 heteroatoms. The number of rotatable bonds is 4. The van der Waals surface area contributed by atoms with Crippen molar-refractivity contribution >= 4 is 11.4 Å². The molecule has 1 aromatic rings. The van der Waals surface area contributed by atoms with E-state index in [1.54, 1.807) is 0 Å². The first-order valence-electron chi connectivity index (χ1n) is 6.88. The molecule has 0 aliphatic rings. The van der Waals surface area contributed by atoms with Crippen LogP contribution in [0.1, 0.15) is 48.5 Å². The second-order valence-corrected chi connectivity index (χ2v) is 6.45. The van der Waals surface area contributed by atoms with Crippen molar-refractivity contribution in [3.05, 3.63) is 24.3 Å². The fourth-order valence-corrected chi connectivity index (χ4v) is 2.53. The zero-order valence-corrected chi connectivity index (χ0v) is 12.9. The smallest absolute Gasteiger partial charge is 0.0608 e. The molecular formula is C16H28N2. The molecule has 0 aromatic heterocycles. The molecule has 0 spiro atoms. The quantitative estimate of drug-likeness (QED) is 0.842. The van der Waals surface area contributed by atoms with E-state index in [-0.39, 0.29) is 5.54 Å². The Morgan fingerprint density at radius 2 is 1.56 bits per heavy atom. The third-order valence-corrected chi connectivity index (χ3v) is 2.85. The molecule has 0 aliphatic carbocycles. The van der Waals surface area contributed by atoms with Crippen molar-refractivity contribution in [1.29, 1.82) is 0 Å². The zero-order valence-electron chi connectivity index (χ0n) is 12.9. The first-order valence-corrected chi connectivity index (χ1v) is 6.88. The lowest BCUT2D eigenvalue weighted by atomic mass is 10.0. The van der Waals surface area contributed by atoms with Crippen LogP contribution in [-0.2, 0) is 0 Å². The second-order valence-electron chi connectivity index (χ2n) is 6.45. The predicted molar refractivity (Wildman–Crippen MR) is 82.6 cm³/mol. The van der Waals surface area contributed by atoms with Crippen LogP contribution in [0.4, 0.5) is 11.4 Å². The van der Waals surface area contributed by atoms with Crippen LogP contribution in [-0.4, -0.2) is 17.6 Å². The Kier molecular flexibility index (Phi) is 4.66. The molecule has 18 heavy (non-hydrogen) atoms. The fraction of sp³-hybridized carbons (Fsp3) is 0.625. The SMILES string of the molecule is CC(C)Nc1ccccc1N(C(C)C)C(C)(C)C. The highest BCUT2D eigenvalue weighted by atomic mass is 15.2. The molecule has 0 fully saturated rings. The van der Waals surface area contributed by atoms with Gasteiger partial charge in [-0.25, -0.2) is 0 Å². The number of para-hydroxylation sites is 2. The van der Waals surface area contributed by atoms with E-state index in [0.717, 1.165) is 0 Å². The molecule has 0 heterocycles. The summed E-state index contributed by atoms with van der Waals surface area (Å²) in [5.41, 5.74) is 2.62. The minimum absolute atomic E-state index is 0.114. The highest BCUT2D eigenvalue weighted by Gasteiger charge is 2.26. The summed E-state index contributed by atoms with van der Waals surface area (Å²) in [5.74, 6) is 0. The summed E-state index contributed by atoms with van der Waals surface area (Å²) in [5, 5.41) is 3.54. The average molecular weight is 248 g/mol. The van der Waals surface area contributed by atoms with Crippen LogP contribution < -0.4 is 10.2 Å². The summed E-state index contributed by atoms with van der Waals surface area (Å²) in [6, 6.07) is 9.49. The summed E-state index contributed by atoms with van der Waals surface area (Å²) in [7, 11) is 0. The van der Waals surface area contributed by atoms with Gasteiger partial charge < -0.3 is 10.2 Å². The van der Waals surface area contributed by atoms with E-state index in [1.807, 2.05) is 0 Å². The normalized spacial score (nSPS) is 12.1. The first-order chi connectivity index (χ1) is 8.23. The molecule has 0 atom stereocenters. The van der Waals surface area contributed by atoms with Crippen molar-refractivity contribution in [2.24, 2.45) is 0 Å². The van der Waals surface area contributed by atoms with E-state index in [9.17, 15) is 0 Å². The summed E-state index contributed by atoms with van der Waals surface area (Å²) in [4.78, 5) is 2.47. The van der Waals surface area contributed by atoms with Gasteiger partial charge in [0, 0.05) is 17.6 Å². The van der Waals surface area contributed by atoms with Crippen LogP contribution in [0.25, 0.3) is 0 Å². The van der Waals surface area contributed by atoms with E-state index < -0.39 is 0 Å². The molecule has 0 saturated heterocycles. The number of hydrogen-bond acceptors (Lipinski definition) is 2. The van der Waals surface area contributed by atoms with Crippen LogP contribution >= 0.6 is 0 Å². The molecule has 2 nitrogen and oxygen atoms in total. The van der Waals surface area contributed by atoms with Gasteiger partial charge in [-0.2, -0.15) is 0 Å². The zero-order chi connectivity index (χ0) is 13.9. The van der Waals surface area contributed by atoms with Crippen molar-refractivity contribution in [2.75, 3.05) is 10.2 Å². The van der Waals surface area contributed by atoms with Gasteiger partial charge in [0.05, 0.1) is 11.4 Å². The monoisotopic (exact) mass is 248 g/mol. The molecule has 1 N–H and O–H groups in total. The number of benzene rings is 1. The Morgan fingerprint density at radius 1 is 1.00 bits per heavy atom. The maximum Gasteiger partial charge on any atom is 0.0608 e. The summed E-state index contributed by atoms with van der Waals surface area (Å²) in [6.07, 6.45) is 0. The lowest BCUT2D eigenvalue weighted by Crippen LogP contribution is -2.46. The average Bonchev–Trinajstić information content (AvgIpc) is 2.17. The van der Waals surface area contributed by atoms with Gasteiger partial charge in [-0.15, -0.1) is 0 Å². The third kappa shape index (κ3) is 3.66. The highest BCUT2D eigenvalue weighted by Crippen LogP contribution is 2.33. The highest BCUT2D eigenvalue weighted by molar-refractivity contribution is 5.71. The van der Waals surface area contributed by atoms with Crippen LogP contribution in [0.15, 0.2) is 24.3 Å². The van der Waals surface area contributed by atoms with E-state index >= 15 is 0 Å². The molecule has 1 aromatic carbocycles. The molecule has 1 rings (SSSR count). The second kappa shape index (κ2) is 5.64. The standard InChI is InChI=1S/C16H28N2/c1-12(2)17-14-10-8-9-11-15(14)18(13(3)4)16(5,6)7/h8-13,17H,1-7H3. The summed E-state index contributed by atoms with van der Waals surface area (Å²) >= 11 is 0. The number of hydrogen-bond donors (Lipinski definition) is 1. The van der Waals surface area contributed by atoms with E-state index in [0.29, 0.717) is 12.1 Å². The van der Waals surface area contributed by atoms with Crippen molar-refractivity contribution in [3.63, 3.8) is 0 Å². The summed E-state index contributed by atoms with van der Waals surface area (Å²) < 4.78 is 0. The van der Waals surface area contributed by atoms with Crippen molar-refractivity contribution < 1.29 is 0 Å². The third-order valence-electron chi connectivity index (χ3n) is 2.85. The van der Waals surface area contributed by atoms with Gasteiger partial charge in [-0.3, -0.25) is 0 Å². The van der Waals surface area contributed by atoms with E-state index in [1.165, 1.54) is 11.4 Å². The molecule has 102 valence electrons. The molecule has 0 amide bonds. The van der Waals surface area contributed by atoms with E-state index in [4.69, 9.17) is 0 Å². The number of nitrogens with zero attached hydrogens (tertiary/aromatic N) is 1. The molecule has 0 unspecified atom stereocenters. The maximum atomic E-state index is 3.54. The predicted octanol–water partition coefficient (Wildman–Crippen LogP) is 4.52. The fourth-order valence-electron chi connectivity index (χ4n) is 2.53. The maximum absolute atomic E-state index is 3.54. The number of anilines is 2. The van der Waals surface area contributed by atoms with Crippen LogP contribution in [0.2, 0.25) is 0 Å². The van der Waals surface area contributed by atoms with Crippen molar-refractivity contribution in [1.82, 2.24) is 0 Å². The molecule has 0 saturated carbocycles. The molecule has 0 bridgehead atoms. The van der Waals surface area contributed by atoms with Gasteiger partial charge in [0.2, 0.25) is 0 Å². The van der Waals surface area contributed by atoms with E-state index in [2.05, 4.69) is 82.9 Å². The minimum atomic E-state index is 0.114. The van der Waals surface area contributed by atoms with Crippen LogP contribution in [0, 0.1) is 0 Å². The van der Waals surface area contributed by atoms with Gasteiger partial charge in [0.15, 0.2) is 0 Å². The largest absolute Gasteiger partial charge is 0.381 e. The van der Waals surface area contributed by atoms with Crippen LogP contribution in [0.5, 0.6) is 0 Å². The lowest BCUT2D eigenvalue weighted by Gasteiger charge is -2.42. The minimum Gasteiger partial charge on any atom is -0.381 e. The molecule has 0 radical (unpaired) electrons.